The molecule has 0 radical (unpaired) electrons. The summed E-state index contributed by atoms with van der Waals surface area (Å²) in [6.07, 6.45) is 1.60. The number of esters is 1. The van der Waals surface area contributed by atoms with E-state index in [0.717, 1.165) is 0 Å². The van der Waals surface area contributed by atoms with Gasteiger partial charge in [0.1, 0.15) is 11.5 Å². The lowest BCUT2D eigenvalue weighted by Gasteiger charge is -2.24. The number of hydrogen-bond acceptors (Lipinski definition) is 8. The highest BCUT2D eigenvalue weighted by Gasteiger charge is 2.33. The van der Waals surface area contributed by atoms with E-state index in [9.17, 15) is 19.7 Å². The molecule has 1 aliphatic heterocycles. The van der Waals surface area contributed by atoms with Gasteiger partial charge in [0.15, 0.2) is 4.80 Å². The zero-order valence-electron chi connectivity index (χ0n) is 21.1. The Hall–Kier alpha value is -4.28. The van der Waals surface area contributed by atoms with Crippen molar-refractivity contribution in [1.82, 2.24) is 4.57 Å². The maximum atomic E-state index is 13.7. The molecule has 2 aromatic carbocycles. The van der Waals surface area contributed by atoms with Crippen LogP contribution in [0.1, 0.15) is 36.8 Å². The van der Waals surface area contributed by atoms with Crippen LogP contribution < -0.4 is 14.9 Å². The monoisotopic (exact) mass is 563 g/mol. The summed E-state index contributed by atoms with van der Waals surface area (Å²) in [4.78, 5) is 42.5. The van der Waals surface area contributed by atoms with Gasteiger partial charge in [-0.15, -0.1) is 0 Å². The van der Waals surface area contributed by atoms with Crippen molar-refractivity contribution < 1.29 is 18.9 Å². The third kappa shape index (κ3) is 4.96. The second-order valence-electron chi connectivity index (χ2n) is 8.81. The van der Waals surface area contributed by atoms with Crippen LogP contribution in [0.15, 0.2) is 80.1 Å². The lowest BCUT2D eigenvalue weighted by atomic mass is 9.96. The second kappa shape index (κ2) is 10.5. The molecule has 0 spiro atoms. The third-order valence-corrected chi connectivity index (χ3v) is 7.53. The van der Waals surface area contributed by atoms with Crippen LogP contribution in [0.5, 0.6) is 0 Å². The first-order valence-corrected chi connectivity index (χ1v) is 13.2. The summed E-state index contributed by atoms with van der Waals surface area (Å²) in [5.74, 6) is 0.273. The number of hydrogen-bond donors (Lipinski definition) is 0. The van der Waals surface area contributed by atoms with Gasteiger partial charge in [-0.25, -0.2) is 9.79 Å². The van der Waals surface area contributed by atoms with Gasteiger partial charge in [-0.05, 0) is 50.6 Å². The molecule has 1 aliphatic rings. The molecule has 0 fully saturated rings. The summed E-state index contributed by atoms with van der Waals surface area (Å²) in [6, 6.07) is 14.4. The molecule has 39 heavy (non-hydrogen) atoms. The Morgan fingerprint density at radius 3 is 2.64 bits per heavy atom. The molecule has 9 nitrogen and oxygen atoms in total. The van der Waals surface area contributed by atoms with Crippen LogP contribution in [0.4, 0.5) is 5.69 Å². The van der Waals surface area contributed by atoms with Gasteiger partial charge < -0.3 is 9.15 Å². The Bertz CT molecular complexity index is 1830. The molecule has 5 rings (SSSR count). The van der Waals surface area contributed by atoms with E-state index in [0.29, 0.717) is 48.3 Å². The van der Waals surface area contributed by atoms with Crippen molar-refractivity contribution in [2.45, 2.75) is 26.8 Å². The van der Waals surface area contributed by atoms with Gasteiger partial charge >= 0.3 is 5.97 Å². The summed E-state index contributed by atoms with van der Waals surface area (Å²) < 4.78 is 13.0. The minimum absolute atomic E-state index is 0.00580. The number of carbonyl (C=O) groups excluding carboxylic acids is 1. The van der Waals surface area contributed by atoms with Crippen molar-refractivity contribution in [3.8, 4) is 11.3 Å². The summed E-state index contributed by atoms with van der Waals surface area (Å²) >= 11 is 7.26. The first-order valence-electron chi connectivity index (χ1n) is 12.0. The Balaban J connectivity index is 1.61. The normalized spacial score (nSPS) is 15.2. The summed E-state index contributed by atoms with van der Waals surface area (Å²) in [7, 11) is 0. The van der Waals surface area contributed by atoms with E-state index in [4.69, 9.17) is 20.8 Å². The van der Waals surface area contributed by atoms with E-state index in [1.165, 1.54) is 22.0 Å². The van der Waals surface area contributed by atoms with Crippen LogP contribution in [-0.2, 0) is 9.53 Å². The molecule has 2 aromatic heterocycles. The van der Waals surface area contributed by atoms with Gasteiger partial charge in [0, 0.05) is 28.3 Å². The fraction of sp³-hybridized carbons (Fsp3) is 0.179. The van der Waals surface area contributed by atoms with E-state index in [1.54, 1.807) is 75.4 Å². The lowest BCUT2D eigenvalue weighted by Crippen LogP contribution is -2.39. The highest BCUT2D eigenvalue weighted by Crippen LogP contribution is 2.32. The number of nitro groups is 1. The Morgan fingerprint density at radius 1 is 1.21 bits per heavy atom. The number of carbonyl (C=O) groups is 1. The van der Waals surface area contributed by atoms with E-state index >= 15 is 0 Å². The first-order chi connectivity index (χ1) is 18.7. The molecule has 0 saturated carbocycles. The average Bonchev–Trinajstić information content (AvgIpc) is 3.48. The zero-order chi connectivity index (χ0) is 27.8. The summed E-state index contributed by atoms with van der Waals surface area (Å²) in [5, 5.41) is 11.9. The Kier molecular flexibility index (Phi) is 7.07. The maximum Gasteiger partial charge on any atom is 0.338 e. The minimum atomic E-state index is -0.750. The first kappa shape index (κ1) is 26.3. The Morgan fingerprint density at radius 2 is 1.95 bits per heavy atom. The van der Waals surface area contributed by atoms with Gasteiger partial charge in [0.25, 0.3) is 11.2 Å². The zero-order valence-corrected chi connectivity index (χ0v) is 22.7. The summed E-state index contributed by atoms with van der Waals surface area (Å²) in [6.45, 7) is 5.28. The van der Waals surface area contributed by atoms with Gasteiger partial charge in [-0.1, -0.05) is 47.2 Å². The molecule has 1 atom stereocenters. The number of ether oxygens (including phenoxy) is 1. The SMILES string of the molecule is CCOC(=O)C1=C(C)N=c2sc(=Cc3ccc(-c4ccc(C)c([N+](=O)[O-])c4)o3)c(=O)n2C1c1ccc(Cl)cc1. The summed E-state index contributed by atoms with van der Waals surface area (Å²) in [5.41, 5.74) is 2.16. The van der Waals surface area contributed by atoms with E-state index < -0.39 is 16.9 Å². The second-order valence-corrected chi connectivity index (χ2v) is 10.3. The molecule has 198 valence electrons. The number of allylic oxidation sites excluding steroid dienone is 1. The van der Waals surface area contributed by atoms with Crippen LogP contribution in [0, 0.1) is 17.0 Å². The predicted molar refractivity (Wildman–Crippen MR) is 147 cm³/mol. The highest BCUT2D eigenvalue weighted by atomic mass is 35.5. The molecule has 0 N–H and O–H groups in total. The molecule has 3 heterocycles. The quantitative estimate of drug-likeness (QED) is 0.186. The van der Waals surface area contributed by atoms with Crippen LogP contribution in [-0.4, -0.2) is 22.1 Å². The smallest absolute Gasteiger partial charge is 0.338 e. The van der Waals surface area contributed by atoms with Gasteiger partial charge in [-0.2, -0.15) is 0 Å². The number of aryl methyl sites for hydroxylation is 1. The molecule has 4 aromatic rings. The third-order valence-electron chi connectivity index (χ3n) is 6.29. The van der Waals surface area contributed by atoms with E-state index in [2.05, 4.69) is 4.99 Å². The van der Waals surface area contributed by atoms with Crippen molar-refractivity contribution in [2.75, 3.05) is 6.61 Å². The van der Waals surface area contributed by atoms with Crippen LogP contribution >= 0.6 is 22.9 Å². The molecule has 0 saturated heterocycles. The molecule has 11 heteroatoms. The Labute approximate surface area is 231 Å². The van der Waals surface area contributed by atoms with E-state index in [1.807, 2.05) is 0 Å². The van der Waals surface area contributed by atoms with Gasteiger partial charge in [-0.3, -0.25) is 19.5 Å². The van der Waals surface area contributed by atoms with Crippen molar-refractivity contribution >= 4 is 40.7 Å². The number of halogens is 1. The average molecular weight is 564 g/mol. The molecular weight excluding hydrogens is 542 g/mol. The number of aromatic nitrogens is 1. The number of nitro benzene ring substituents is 1. The number of fused-ring (bicyclic) bond motifs is 1. The predicted octanol–water partition coefficient (Wildman–Crippen LogP) is 4.93. The number of rotatable bonds is 6. The molecule has 1 unspecified atom stereocenters. The fourth-order valence-corrected chi connectivity index (χ4v) is 5.58. The van der Waals surface area contributed by atoms with Crippen LogP contribution in [0.25, 0.3) is 17.4 Å². The number of thiazole rings is 1. The molecule has 0 amide bonds. The largest absolute Gasteiger partial charge is 0.463 e. The van der Waals surface area contributed by atoms with Gasteiger partial charge in [0.05, 0.1) is 33.4 Å². The van der Waals surface area contributed by atoms with Crippen molar-refractivity contribution in [3.63, 3.8) is 0 Å². The van der Waals surface area contributed by atoms with Gasteiger partial charge in [0.2, 0.25) is 0 Å². The fourth-order valence-electron chi connectivity index (χ4n) is 4.43. The van der Waals surface area contributed by atoms with Crippen molar-refractivity contribution in [1.29, 1.82) is 0 Å². The topological polar surface area (TPSA) is 117 Å². The molecular formula is C28H22ClN3O6S. The van der Waals surface area contributed by atoms with Crippen LogP contribution in [0.3, 0.4) is 0 Å². The number of furan rings is 1. The molecule has 0 bridgehead atoms. The lowest BCUT2D eigenvalue weighted by molar-refractivity contribution is -0.385. The number of benzene rings is 2. The minimum Gasteiger partial charge on any atom is -0.463 e. The standard InChI is InChI=1S/C28H22ClN3O6S/c1-4-37-27(34)24-16(3)30-28-31(25(24)17-7-9-19(29)10-8-17)26(33)23(39-28)14-20-11-12-22(38-20)18-6-5-15(2)21(13-18)32(35)36/h5-14,25H,4H2,1-3H3. The highest BCUT2D eigenvalue weighted by molar-refractivity contribution is 7.07. The van der Waals surface area contributed by atoms with Crippen molar-refractivity contribution in [2.24, 2.45) is 4.99 Å². The van der Waals surface area contributed by atoms with Crippen LogP contribution in [0.2, 0.25) is 5.02 Å². The number of nitrogens with zero attached hydrogens (tertiary/aromatic N) is 3. The maximum absolute atomic E-state index is 13.7. The van der Waals surface area contributed by atoms with Crippen molar-refractivity contribution in [3.05, 3.63) is 118 Å². The molecule has 0 aliphatic carbocycles. The van der Waals surface area contributed by atoms with E-state index in [-0.39, 0.29) is 23.4 Å².